The number of nitrogens with zero attached hydrogens (tertiary/aromatic N) is 1. The molecule has 1 fully saturated rings. The molecular weight excluding hydrogens is 216 g/mol. The average molecular weight is 236 g/mol. The zero-order valence-corrected chi connectivity index (χ0v) is 10.2. The predicted octanol–water partition coefficient (Wildman–Crippen LogP) is 0.940. The highest BCUT2D eigenvalue weighted by molar-refractivity contribution is 5.27. The van der Waals surface area contributed by atoms with Crippen molar-refractivity contribution in [3.63, 3.8) is 0 Å². The van der Waals surface area contributed by atoms with Crippen LogP contribution in [0.5, 0.6) is 5.75 Å². The lowest BCUT2D eigenvalue weighted by Crippen LogP contribution is -2.49. The summed E-state index contributed by atoms with van der Waals surface area (Å²) in [5.74, 6) is 0.318. The van der Waals surface area contributed by atoms with Crippen molar-refractivity contribution in [1.29, 1.82) is 0 Å². The van der Waals surface area contributed by atoms with Gasteiger partial charge in [0, 0.05) is 25.7 Å². The van der Waals surface area contributed by atoms with Gasteiger partial charge in [-0.05, 0) is 24.6 Å². The van der Waals surface area contributed by atoms with Gasteiger partial charge in [-0.3, -0.25) is 4.90 Å². The van der Waals surface area contributed by atoms with Crippen molar-refractivity contribution >= 4 is 0 Å². The molecule has 4 nitrogen and oxygen atoms in total. The maximum atomic E-state index is 9.44. The van der Waals surface area contributed by atoms with Gasteiger partial charge in [0.25, 0.3) is 0 Å². The molecule has 0 spiro atoms. The molecule has 0 aliphatic carbocycles. The number of benzene rings is 1. The van der Waals surface area contributed by atoms with Gasteiger partial charge in [0.15, 0.2) is 0 Å². The molecule has 1 aliphatic heterocycles. The number of ether oxygens (including phenoxy) is 1. The van der Waals surface area contributed by atoms with Gasteiger partial charge >= 0.3 is 0 Å². The summed E-state index contributed by atoms with van der Waals surface area (Å²) < 4.78 is 5.61. The normalized spacial score (nSPS) is 26.0. The van der Waals surface area contributed by atoms with Gasteiger partial charge in [0.2, 0.25) is 0 Å². The lowest BCUT2D eigenvalue weighted by atomic mass is 10.1. The Labute approximate surface area is 102 Å². The van der Waals surface area contributed by atoms with E-state index in [4.69, 9.17) is 10.5 Å². The first-order valence-electron chi connectivity index (χ1n) is 6.02. The quantitative estimate of drug-likeness (QED) is 0.820. The third-order valence-corrected chi connectivity index (χ3v) is 3.19. The summed E-state index contributed by atoms with van der Waals surface area (Å²) in [4.78, 5) is 2.34. The lowest BCUT2D eigenvalue weighted by molar-refractivity contribution is -0.0567. The zero-order chi connectivity index (χ0) is 12.3. The van der Waals surface area contributed by atoms with E-state index in [2.05, 4.69) is 11.8 Å². The molecule has 1 aromatic carbocycles. The summed E-state index contributed by atoms with van der Waals surface area (Å²) in [6.07, 6.45) is 0.128. The van der Waals surface area contributed by atoms with Crippen LogP contribution in [0.4, 0.5) is 0 Å². The van der Waals surface area contributed by atoms with Crippen molar-refractivity contribution in [2.24, 2.45) is 5.73 Å². The Kier molecular flexibility index (Phi) is 3.99. The van der Waals surface area contributed by atoms with Crippen LogP contribution in [0.15, 0.2) is 24.3 Å². The van der Waals surface area contributed by atoms with Crippen molar-refractivity contribution in [3.8, 4) is 5.75 Å². The summed E-state index contributed by atoms with van der Waals surface area (Å²) in [6, 6.07) is 7.78. The van der Waals surface area contributed by atoms with Gasteiger partial charge in [-0.2, -0.15) is 0 Å². The maximum absolute atomic E-state index is 9.44. The minimum Gasteiger partial charge on any atom is -0.508 e. The van der Waals surface area contributed by atoms with Gasteiger partial charge in [0.05, 0.1) is 12.7 Å². The molecule has 0 bridgehead atoms. The van der Waals surface area contributed by atoms with E-state index in [0.29, 0.717) is 18.3 Å². The van der Waals surface area contributed by atoms with Gasteiger partial charge in [-0.25, -0.2) is 0 Å². The highest BCUT2D eigenvalue weighted by Crippen LogP contribution is 2.17. The number of rotatable bonds is 3. The van der Waals surface area contributed by atoms with Crippen LogP contribution in [0.3, 0.4) is 0 Å². The fourth-order valence-electron chi connectivity index (χ4n) is 2.13. The Morgan fingerprint density at radius 2 is 2.35 bits per heavy atom. The van der Waals surface area contributed by atoms with Gasteiger partial charge in [-0.1, -0.05) is 12.1 Å². The standard InChI is InChI=1S/C13H20N2O2/c1-10-9-17-13(6-14)8-15(10)7-11-3-2-4-12(16)5-11/h2-5,10,13,16H,6-9,14H2,1H3. The molecule has 1 heterocycles. The Balaban J connectivity index is 2.01. The van der Waals surface area contributed by atoms with Crippen LogP contribution in [0.1, 0.15) is 12.5 Å². The second-order valence-electron chi connectivity index (χ2n) is 4.64. The van der Waals surface area contributed by atoms with E-state index in [1.807, 2.05) is 12.1 Å². The molecule has 1 aliphatic rings. The lowest BCUT2D eigenvalue weighted by Gasteiger charge is -2.37. The molecule has 3 N–H and O–H groups in total. The van der Waals surface area contributed by atoms with E-state index in [0.717, 1.165) is 25.3 Å². The molecule has 0 aromatic heterocycles. The smallest absolute Gasteiger partial charge is 0.115 e. The van der Waals surface area contributed by atoms with E-state index in [1.54, 1.807) is 12.1 Å². The second-order valence-corrected chi connectivity index (χ2v) is 4.64. The number of hydrogen-bond acceptors (Lipinski definition) is 4. The number of phenolic OH excluding ortho intramolecular Hbond substituents is 1. The molecule has 0 radical (unpaired) electrons. The molecular formula is C13H20N2O2. The van der Waals surface area contributed by atoms with Crippen LogP contribution in [0, 0.1) is 0 Å². The molecule has 0 amide bonds. The monoisotopic (exact) mass is 236 g/mol. The van der Waals surface area contributed by atoms with Crippen LogP contribution in [-0.2, 0) is 11.3 Å². The zero-order valence-electron chi connectivity index (χ0n) is 10.2. The molecule has 4 heteroatoms. The van der Waals surface area contributed by atoms with E-state index in [9.17, 15) is 5.11 Å². The number of aromatic hydroxyl groups is 1. The third-order valence-electron chi connectivity index (χ3n) is 3.19. The summed E-state index contributed by atoms with van der Waals surface area (Å²) in [5, 5.41) is 9.44. The van der Waals surface area contributed by atoms with Crippen molar-refractivity contribution in [2.45, 2.75) is 25.6 Å². The predicted molar refractivity (Wildman–Crippen MR) is 66.8 cm³/mol. The van der Waals surface area contributed by atoms with Crippen LogP contribution >= 0.6 is 0 Å². The van der Waals surface area contributed by atoms with Crippen molar-refractivity contribution in [3.05, 3.63) is 29.8 Å². The van der Waals surface area contributed by atoms with Crippen LogP contribution in [-0.4, -0.2) is 41.8 Å². The molecule has 1 saturated heterocycles. The molecule has 94 valence electrons. The molecule has 2 rings (SSSR count). The van der Waals surface area contributed by atoms with Gasteiger partial charge in [-0.15, -0.1) is 0 Å². The molecule has 17 heavy (non-hydrogen) atoms. The van der Waals surface area contributed by atoms with Crippen molar-refractivity contribution in [1.82, 2.24) is 4.90 Å². The Morgan fingerprint density at radius 3 is 3.06 bits per heavy atom. The number of phenols is 1. The Bertz CT molecular complexity index is 370. The minimum atomic E-state index is 0.128. The summed E-state index contributed by atoms with van der Waals surface area (Å²) in [5.41, 5.74) is 6.76. The van der Waals surface area contributed by atoms with Crippen LogP contribution < -0.4 is 5.73 Å². The van der Waals surface area contributed by atoms with Crippen LogP contribution in [0.25, 0.3) is 0 Å². The Morgan fingerprint density at radius 1 is 1.53 bits per heavy atom. The Hall–Kier alpha value is -1.10. The number of nitrogens with two attached hydrogens (primary N) is 1. The third kappa shape index (κ3) is 3.19. The molecule has 1 aromatic rings. The average Bonchev–Trinajstić information content (AvgIpc) is 2.32. The molecule has 2 atom stereocenters. The van der Waals surface area contributed by atoms with Crippen molar-refractivity contribution in [2.75, 3.05) is 19.7 Å². The van der Waals surface area contributed by atoms with Gasteiger partial charge in [0.1, 0.15) is 5.75 Å². The SMILES string of the molecule is CC1COC(CN)CN1Cc1cccc(O)c1. The summed E-state index contributed by atoms with van der Waals surface area (Å²) >= 11 is 0. The fraction of sp³-hybridized carbons (Fsp3) is 0.538. The van der Waals surface area contributed by atoms with Crippen molar-refractivity contribution < 1.29 is 9.84 Å². The fourth-order valence-corrected chi connectivity index (χ4v) is 2.13. The van der Waals surface area contributed by atoms with E-state index < -0.39 is 0 Å². The molecule has 2 unspecified atom stereocenters. The maximum Gasteiger partial charge on any atom is 0.115 e. The highest BCUT2D eigenvalue weighted by Gasteiger charge is 2.25. The van der Waals surface area contributed by atoms with E-state index >= 15 is 0 Å². The first-order valence-corrected chi connectivity index (χ1v) is 6.02. The molecule has 0 saturated carbocycles. The second kappa shape index (κ2) is 5.49. The highest BCUT2D eigenvalue weighted by atomic mass is 16.5. The number of hydrogen-bond donors (Lipinski definition) is 2. The van der Waals surface area contributed by atoms with Gasteiger partial charge < -0.3 is 15.6 Å². The van der Waals surface area contributed by atoms with Crippen LogP contribution in [0.2, 0.25) is 0 Å². The minimum absolute atomic E-state index is 0.128. The largest absolute Gasteiger partial charge is 0.508 e. The summed E-state index contributed by atoms with van der Waals surface area (Å²) in [7, 11) is 0. The number of morpholine rings is 1. The topological polar surface area (TPSA) is 58.7 Å². The first-order chi connectivity index (χ1) is 8.19. The first kappa shape index (κ1) is 12.4. The summed E-state index contributed by atoms with van der Waals surface area (Å²) in [6.45, 7) is 5.11. The van der Waals surface area contributed by atoms with E-state index in [1.165, 1.54) is 0 Å². The van der Waals surface area contributed by atoms with E-state index in [-0.39, 0.29) is 6.10 Å².